The number of aromatic nitrogens is 1. The minimum atomic E-state index is 0. The van der Waals surface area contributed by atoms with Crippen molar-refractivity contribution in [3.8, 4) is 0 Å². The molecule has 3 rings (SSSR count). The number of hydrogen-bond acceptors (Lipinski definition) is 3. The lowest BCUT2D eigenvalue weighted by Crippen LogP contribution is -2.46. The van der Waals surface area contributed by atoms with Gasteiger partial charge in [0.15, 0.2) is 0 Å². The van der Waals surface area contributed by atoms with E-state index in [9.17, 15) is 4.79 Å². The standard InChI is InChI=1S/C20H25N3O.ClH/c1-2-16-7-3-4-9-19(16)20(24)23(18-10-13-21-14-11-18)15-17-8-5-6-12-22-17;/h3-9,12,18,21H,2,10-11,13-15H2,1H3;1H. The molecule has 4 nitrogen and oxygen atoms in total. The summed E-state index contributed by atoms with van der Waals surface area (Å²) < 4.78 is 0. The molecule has 1 N–H and O–H groups in total. The zero-order valence-electron chi connectivity index (χ0n) is 14.6. The molecule has 0 radical (unpaired) electrons. The van der Waals surface area contributed by atoms with E-state index in [1.165, 1.54) is 0 Å². The molecule has 2 aromatic rings. The molecule has 5 heteroatoms. The lowest BCUT2D eigenvalue weighted by Gasteiger charge is -2.35. The SMILES string of the molecule is CCc1ccccc1C(=O)N(Cc1ccccn1)C1CCNCC1.Cl. The number of piperidine rings is 1. The molecule has 1 saturated heterocycles. The highest BCUT2D eigenvalue weighted by molar-refractivity contribution is 5.95. The van der Waals surface area contributed by atoms with Crippen LogP contribution in [0.5, 0.6) is 0 Å². The first-order valence-electron chi connectivity index (χ1n) is 8.79. The first-order chi connectivity index (χ1) is 11.8. The van der Waals surface area contributed by atoms with Crippen LogP contribution >= 0.6 is 12.4 Å². The zero-order chi connectivity index (χ0) is 16.8. The van der Waals surface area contributed by atoms with Crippen molar-refractivity contribution in [2.45, 2.75) is 38.8 Å². The van der Waals surface area contributed by atoms with Gasteiger partial charge in [-0.15, -0.1) is 12.4 Å². The molecule has 1 fully saturated rings. The van der Waals surface area contributed by atoms with Gasteiger partial charge in [0.25, 0.3) is 5.91 Å². The smallest absolute Gasteiger partial charge is 0.254 e. The maximum Gasteiger partial charge on any atom is 0.254 e. The summed E-state index contributed by atoms with van der Waals surface area (Å²) in [4.78, 5) is 19.8. The number of aryl methyl sites for hydroxylation is 1. The van der Waals surface area contributed by atoms with Gasteiger partial charge in [-0.05, 0) is 56.1 Å². The van der Waals surface area contributed by atoms with E-state index in [0.29, 0.717) is 6.54 Å². The summed E-state index contributed by atoms with van der Waals surface area (Å²) in [6.07, 6.45) is 4.64. The molecule has 25 heavy (non-hydrogen) atoms. The Hall–Kier alpha value is -1.91. The molecule has 2 heterocycles. The fraction of sp³-hybridized carbons (Fsp3) is 0.400. The van der Waals surface area contributed by atoms with Crippen LogP contribution in [0.2, 0.25) is 0 Å². The number of nitrogens with one attached hydrogen (secondary N) is 1. The maximum atomic E-state index is 13.3. The first kappa shape index (κ1) is 19.4. The highest BCUT2D eigenvalue weighted by Gasteiger charge is 2.27. The number of halogens is 1. The maximum absolute atomic E-state index is 13.3. The summed E-state index contributed by atoms with van der Waals surface area (Å²) in [5.41, 5.74) is 2.88. The second kappa shape index (κ2) is 9.54. The Morgan fingerprint density at radius 1 is 1.16 bits per heavy atom. The molecular formula is C20H26ClN3O. The molecule has 0 unspecified atom stereocenters. The molecule has 0 atom stereocenters. The second-order valence-electron chi connectivity index (χ2n) is 6.25. The quantitative estimate of drug-likeness (QED) is 0.889. The number of carbonyl (C=O) groups is 1. The molecule has 1 aromatic heterocycles. The number of amides is 1. The molecule has 0 bridgehead atoms. The highest BCUT2D eigenvalue weighted by atomic mass is 35.5. The lowest BCUT2D eigenvalue weighted by molar-refractivity contribution is 0.0619. The Bertz CT molecular complexity index is 672. The molecule has 0 spiro atoms. The number of carbonyl (C=O) groups excluding carboxylic acids is 1. The number of benzene rings is 1. The molecule has 1 amide bonds. The Balaban J connectivity index is 0.00000225. The second-order valence-corrected chi connectivity index (χ2v) is 6.25. The van der Waals surface area contributed by atoms with Crippen molar-refractivity contribution in [2.24, 2.45) is 0 Å². The fourth-order valence-corrected chi connectivity index (χ4v) is 3.34. The van der Waals surface area contributed by atoms with Crippen molar-refractivity contribution in [1.29, 1.82) is 0 Å². The van der Waals surface area contributed by atoms with E-state index in [-0.39, 0.29) is 24.4 Å². The van der Waals surface area contributed by atoms with E-state index in [4.69, 9.17) is 0 Å². The Kier molecular flexibility index (Phi) is 7.41. The monoisotopic (exact) mass is 359 g/mol. The molecule has 1 aromatic carbocycles. The zero-order valence-corrected chi connectivity index (χ0v) is 15.5. The van der Waals surface area contributed by atoms with E-state index < -0.39 is 0 Å². The molecular weight excluding hydrogens is 334 g/mol. The van der Waals surface area contributed by atoms with Crippen molar-refractivity contribution < 1.29 is 4.79 Å². The van der Waals surface area contributed by atoms with Gasteiger partial charge in [-0.1, -0.05) is 31.2 Å². The minimum Gasteiger partial charge on any atom is -0.330 e. The van der Waals surface area contributed by atoms with Gasteiger partial charge in [0.1, 0.15) is 0 Å². The lowest BCUT2D eigenvalue weighted by atomic mass is 10.00. The van der Waals surface area contributed by atoms with E-state index in [1.54, 1.807) is 6.20 Å². The van der Waals surface area contributed by atoms with Gasteiger partial charge in [0.2, 0.25) is 0 Å². The van der Waals surface area contributed by atoms with Crippen molar-refractivity contribution in [3.63, 3.8) is 0 Å². The summed E-state index contributed by atoms with van der Waals surface area (Å²) in [7, 11) is 0. The molecule has 0 aliphatic carbocycles. The number of pyridine rings is 1. The number of hydrogen-bond donors (Lipinski definition) is 1. The van der Waals surface area contributed by atoms with Crippen LogP contribution in [0.15, 0.2) is 48.7 Å². The third-order valence-electron chi connectivity index (χ3n) is 4.70. The van der Waals surface area contributed by atoms with Gasteiger partial charge in [-0.25, -0.2) is 0 Å². The van der Waals surface area contributed by atoms with Crippen molar-refractivity contribution >= 4 is 18.3 Å². The van der Waals surface area contributed by atoms with Gasteiger partial charge in [-0.2, -0.15) is 0 Å². The summed E-state index contributed by atoms with van der Waals surface area (Å²) in [6, 6.07) is 14.1. The van der Waals surface area contributed by atoms with Gasteiger partial charge < -0.3 is 10.2 Å². The molecule has 0 saturated carbocycles. The van der Waals surface area contributed by atoms with E-state index >= 15 is 0 Å². The summed E-state index contributed by atoms with van der Waals surface area (Å²) in [5, 5.41) is 3.38. The average Bonchev–Trinajstić information content (AvgIpc) is 2.67. The largest absolute Gasteiger partial charge is 0.330 e. The normalized spacial score (nSPS) is 14.6. The van der Waals surface area contributed by atoms with E-state index in [1.807, 2.05) is 41.3 Å². The number of nitrogens with zero attached hydrogens (tertiary/aromatic N) is 2. The third kappa shape index (κ3) is 4.80. The van der Waals surface area contributed by atoms with Crippen LogP contribution in [-0.2, 0) is 13.0 Å². The van der Waals surface area contributed by atoms with E-state index in [2.05, 4.69) is 23.3 Å². The predicted molar refractivity (Wildman–Crippen MR) is 103 cm³/mol. The van der Waals surface area contributed by atoms with Gasteiger partial charge >= 0.3 is 0 Å². The van der Waals surface area contributed by atoms with Crippen molar-refractivity contribution in [1.82, 2.24) is 15.2 Å². The van der Waals surface area contributed by atoms with Crippen molar-refractivity contribution in [2.75, 3.05) is 13.1 Å². The fourth-order valence-electron chi connectivity index (χ4n) is 3.34. The highest BCUT2D eigenvalue weighted by Crippen LogP contribution is 2.20. The summed E-state index contributed by atoms with van der Waals surface area (Å²) in [5.74, 6) is 0.130. The van der Waals surface area contributed by atoms with Crippen LogP contribution in [-0.4, -0.2) is 34.9 Å². The van der Waals surface area contributed by atoms with Crippen LogP contribution < -0.4 is 5.32 Å². The Morgan fingerprint density at radius 3 is 2.56 bits per heavy atom. The third-order valence-corrected chi connectivity index (χ3v) is 4.70. The molecule has 1 aliphatic heterocycles. The molecule has 1 aliphatic rings. The van der Waals surface area contributed by atoms with Crippen LogP contribution in [0.4, 0.5) is 0 Å². The summed E-state index contributed by atoms with van der Waals surface area (Å²) in [6.45, 7) is 4.60. The van der Waals surface area contributed by atoms with Crippen LogP contribution in [0, 0.1) is 0 Å². The van der Waals surface area contributed by atoms with Gasteiger partial charge in [0.05, 0.1) is 12.2 Å². The van der Waals surface area contributed by atoms with Crippen molar-refractivity contribution in [3.05, 3.63) is 65.5 Å². The molecule has 134 valence electrons. The average molecular weight is 360 g/mol. The van der Waals surface area contributed by atoms with Crippen LogP contribution in [0.3, 0.4) is 0 Å². The predicted octanol–water partition coefficient (Wildman–Crippen LogP) is 3.46. The van der Waals surface area contributed by atoms with E-state index in [0.717, 1.165) is 49.2 Å². The topological polar surface area (TPSA) is 45.2 Å². The Morgan fingerprint density at radius 2 is 1.88 bits per heavy atom. The Labute approximate surface area is 156 Å². The minimum absolute atomic E-state index is 0. The number of rotatable bonds is 5. The summed E-state index contributed by atoms with van der Waals surface area (Å²) >= 11 is 0. The van der Waals surface area contributed by atoms with Crippen LogP contribution in [0.25, 0.3) is 0 Å². The van der Waals surface area contributed by atoms with Crippen LogP contribution in [0.1, 0.15) is 41.4 Å². The van der Waals surface area contributed by atoms with Gasteiger partial charge in [-0.3, -0.25) is 9.78 Å². The van der Waals surface area contributed by atoms with Gasteiger partial charge in [0, 0.05) is 17.8 Å². The first-order valence-corrected chi connectivity index (χ1v) is 8.79.